The van der Waals surface area contributed by atoms with E-state index in [-0.39, 0.29) is 17.6 Å². The first-order valence-electron chi connectivity index (χ1n) is 7.14. The maximum Gasteiger partial charge on any atom is 0.227 e. The van der Waals surface area contributed by atoms with Crippen molar-refractivity contribution in [2.24, 2.45) is 5.92 Å². The first kappa shape index (κ1) is 15.4. The Morgan fingerprint density at radius 1 is 1.10 bits per heavy atom. The monoisotopic (exact) mass is 291 g/mol. The Balaban J connectivity index is 2.31. The lowest BCUT2D eigenvalue weighted by molar-refractivity contribution is -0.119. The highest BCUT2D eigenvalue weighted by Crippen LogP contribution is 2.34. The first-order valence-corrected chi connectivity index (χ1v) is 7.14. The van der Waals surface area contributed by atoms with Crippen molar-refractivity contribution in [3.05, 3.63) is 17.7 Å². The number of hydrogen-bond acceptors (Lipinski definition) is 4. The normalized spacial score (nSPS) is 14.8. The molecule has 5 heteroatoms. The average molecular weight is 291 g/mol. The number of rotatable bonds is 5. The van der Waals surface area contributed by atoms with Crippen molar-refractivity contribution in [3.8, 4) is 11.5 Å². The smallest absolute Gasteiger partial charge is 0.227 e. The Hall–Kier alpha value is -2.04. The summed E-state index contributed by atoms with van der Waals surface area (Å²) in [5.74, 6) is 0.851. The van der Waals surface area contributed by atoms with Gasteiger partial charge in [0.05, 0.1) is 19.9 Å². The Labute approximate surface area is 124 Å². The number of carbonyl (C=O) groups is 2. The van der Waals surface area contributed by atoms with Crippen LogP contribution < -0.4 is 14.8 Å². The summed E-state index contributed by atoms with van der Waals surface area (Å²) in [5.41, 5.74) is 0.913. The second-order valence-corrected chi connectivity index (χ2v) is 5.28. The number of hydrogen-bond donors (Lipinski definition) is 1. The molecule has 1 fully saturated rings. The van der Waals surface area contributed by atoms with E-state index in [2.05, 4.69) is 5.32 Å². The molecule has 1 aromatic carbocycles. The largest absolute Gasteiger partial charge is 0.493 e. The molecule has 0 aliphatic heterocycles. The highest BCUT2D eigenvalue weighted by atomic mass is 16.5. The minimum absolute atomic E-state index is 0.0257. The molecule has 5 nitrogen and oxygen atoms in total. The molecule has 1 aliphatic rings. The fourth-order valence-corrected chi connectivity index (χ4v) is 2.70. The van der Waals surface area contributed by atoms with E-state index < -0.39 is 0 Å². The molecule has 0 radical (unpaired) electrons. The van der Waals surface area contributed by atoms with Crippen LogP contribution >= 0.6 is 0 Å². The van der Waals surface area contributed by atoms with Gasteiger partial charge in [0, 0.05) is 17.5 Å². The van der Waals surface area contributed by atoms with Crippen LogP contribution in [0, 0.1) is 5.92 Å². The third-order valence-corrected chi connectivity index (χ3v) is 3.89. The van der Waals surface area contributed by atoms with E-state index in [0.29, 0.717) is 22.7 Å². The summed E-state index contributed by atoms with van der Waals surface area (Å²) in [6.45, 7) is 1.46. The van der Waals surface area contributed by atoms with Crippen molar-refractivity contribution in [1.82, 2.24) is 0 Å². The van der Waals surface area contributed by atoms with Gasteiger partial charge in [-0.2, -0.15) is 0 Å². The van der Waals surface area contributed by atoms with Crippen LogP contribution in [0.5, 0.6) is 11.5 Å². The number of carbonyl (C=O) groups excluding carboxylic acids is 2. The molecule has 114 valence electrons. The van der Waals surface area contributed by atoms with Crippen molar-refractivity contribution in [3.63, 3.8) is 0 Å². The molecule has 0 spiro atoms. The summed E-state index contributed by atoms with van der Waals surface area (Å²) >= 11 is 0. The van der Waals surface area contributed by atoms with Crippen LogP contribution in [0.15, 0.2) is 12.1 Å². The summed E-state index contributed by atoms with van der Waals surface area (Å²) in [5, 5.41) is 2.86. The summed E-state index contributed by atoms with van der Waals surface area (Å²) < 4.78 is 10.4. The fraction of sp³-hybridized carbons (Fsp3) is 0.500. The number of amides is 1. The zero-order valence-electron chi connectivity index (χ0n) is 12.7. The summed E-state index contributed by atoms with van der Waals surface area (Å²) in [4.78, 5) is 24.0. The highest BCUT2D eigenvalue weighted by molar-refractivity contribution is 6.05. The molecule has 1 aliphatic carbocycles. The van der Waals surface area contributed by atoms with Crippen LogP contribution in [-0.4, -0.2) is 25.9 Å². The van der Waals surface area contributed by atoms with E-state index in [9.17, 15) is 9.59 Å². The summed E-state index contributed by atoms with van der Waals surface area (Å²) in [6, 6.07) is 3.24. The van der Waals surface area contributed by atoms with Gasteiger partial charge in [0.1, 0.15) is 0 Å². The number of ether oxygens (including phenoxy) is 2. The van der Waals surface area contributed by atoms with E-state index in [1.165, 1.54) is 21.1 Å². The molecule has 0 saturated heterocycles. The highest BCUT2D eigenvalue weighted by Gasteiger charge is 2.24. The number of ketones is 1. The van der Waals surface area contributed by atoms with Crippen LogP contribution in [0.3, 0.4) is 0 Å². The topological polar surface area (TPSA) is 64.6 Å². The maximum absolute atomic E-state index is 12.2. The molecule has 1 saturated carbocycles. The Morgan fingerprint density at radius 2 is 1.67 bits per heavy atom. The van der Waals surface area contributed by atoms with Gasteiger partial charge in [0.15, 0.2) is 17.3 Å². The second-order valence-electron chi connectivity index (χ2n) is 5.28. The minimum atomic E-state index is -0.127. The summed E-state index contributed by atoms with van der Waals surface area (Å²) in [6.07, 6.45) is 4.00. The molecule has 1 aromatic rings. The zero-order valence-corrected chi connectivity index (χ0v) is 12.7. The van der Waals surface area contributed by atoms with Crippen molar-refractivity contribution >= 4 is 17.4 Å². The third kappa shape index (κ3) is 3.35. The van der Waals surface area contributed by atoms with Crippen molar-refractivity contribution in [2.75, 3.05) is 19.5 Å². The molecule has 1 N–H and O–H groups in total. The molecule has 0 bridgehead atoms. The van der Waals surface area contributed by atoms with E-state index in [1.54, 1.807) is 12.1 Å². The molecule has 2 rings (SSSR count). The zero-order chi connectivity index (χ0) is 15.4. The SMILES string of the molecule is COc1cc(NC(=O)C2CCCC2)c(C(C)=O)cc1OC. The van der Waals surface area contributed by atoms with Gasteiger partial charge in [-0.1, -0.05) is 12.8 Å². The number of methoxy groups -OCH3 is 2. The van der Waals surface area contributed by atoms with Crippen molar-refractivity contribution in [2.45, 2.75) is 32.6 Å². The van der Waals surface area contributed by atoms with Gasteiger partial charge in [-0.05, 0) is 25.8 Å². The Bertz CT molecular complexity index is 547. The third-order valence-electron chi connectivity index (χ3n) is 3.89. The molecule has 0 atom stereocenters. The van der Waals surface area contributed by atoms with Crippen LogP contribution in [0.25, 0.3) is 0 Å². The number of anilines is 1. The van der Waals surface area contributed by atoms with Crippen LogP contribution in [0.1, 0.15) is 43.0 Å². The van der Waals surface area contributed by atoms with Gasteiger partial charge >= 0.3 is 0 Å². The number of nitrogens with one attached hydrogen (secondary N) is 1. The van der Waals surface area contributed by atoms with Gasteiger partial charge in [-0.3, -0.25) is 9.59 Å². The van der Waals surface area contributed by atoms with Gasteiger partial charge in [0.2, 0.25) is 5.91 Å². The molecular formula is C16H21NO4. The van der Waals surface area contributed by atoms with E-state index in [1.807, 2.05) is 0 Å². The van der Waals surface area contributed by atoms with Gasteiger partial charge in [-0.15, -0.1) is 0 Å². The lowest BCUT2D eigenvalue weighted by atomic mass is 10.0. The second kappa shape index (κ2) is 6.61. The van der Waals surface area contributed by atoms with E-state index in [4.69, 9.17) is 9.47 Å². The molecular weight excluding hydrogens is 270 g/mol. The van der Waals surface area contributed by atoms with Crippen LogP contribution in [-0.2, 0) is 4.79 Å². The lowest BCUT2D eigenvalue weighted by Crippen LogP contribution is -2.21. The predicted molar refractivity (Wildman–Crippen MR) is 80.1 cm³/mol. The Morgan fingerprint density at radius 3 is 2.19 bits per heavy atom. The number of Topliss-reactive ketones (excluding diaryl/α,β-unsaturated/α-hetero) is 1. The fourth-order valence-electron chi connectivity index (χ4n) is 2.70. The minimum Gasteiger partial charge on any atom is -0.493 e. The average Bonchev–Trinajstić information content (AvgIpc) is 3.00. The molecule has 21 heavy (non-hydrogen) atoms. The van der Waals surface area contributed by atoms with Gasteiger partial charge in [-0.25, -0.2) is 0 Å². The predicted octanol–water partition coefficient (Wildman–Crippen LogP) is 3.04. The van der Waals surface area contributed by atoms with Gasteiger partial charge in [0.25, 0.3) is 0 Å². The molecule has 0 heterocycles. The lowest BCUT2D eigenvalue weighted by Gasteiger charge is -2.16. The number of benzene rings is 1. The molecule has 0 aromatic heterocycles. The summed E-state index contributed by atoms with van der Waals surface area (Å²) in [7, 11) is 3.03. The van der Waals surface area contributed by atoms with Crippen molar-refractivity contribution < 1.29 is 19.1 Å². The van der Waals surface area contributed by atoms with E-state index >= 15 is 0 Å². The van der Waals surface area contributed by atoms with Crippen LogP contribution in [0.2, 0.25) is 0 Å². The molecule has 1 amide bonds. The van der Waals surface area contributed by atoms with E-state index in [0.717, 1.165) is 25.7 Å². The molecule has 0 unspecified atom stereocenters. The van der Waals surface area contributed by atoms with Gasteiger partial charge < -0.3 is 14.8 Å². The quantitative estimate of drug-likeness (QED) is 0.847. The van der Waals surface area contributed by atoms with Crippen molar-refractivity contribution in [1.29, 1.82) is 0 Å². The Kier molecular flexibility index (Phi) is 4.83. The van der Waals surface area contributed by atoms with Crippen LogP contribution in [0.4, 0.5) is 5.69 Å². The first-order chi connectivity index (χ1) is 10.1. The standard InChI is InChI=1S/C16H21NO4/c1-10(18)12-8-14(20-2)15(21-3)9-13(12)17-16(19)11-6-4-5-7-11/h8-9,11H,4-7H2,1-3H3,(H,17,19). The maximum atomic E-state index is 12.2.